The maximum Gasteiger partial charge on any atom is 0.446 e. The van der Waals surface area contributed by atoms with Crippen molar-refractivity contribution in [1.29, 1.82) is 0 Å². The first kappa shape index (κ1) is 20.0. The zero-order valence-corrected chi connectivity index (χ0v) is 14.9. The summed E-state index contributed by atoms with van der Waals surface area (Å²) in [6.45, 7) is 1.40. The number of aromatic hydroxyl groups is 1. The Morgan fingerprint density at radius 1 is 1.31 bits per heavy atom. The minimum atomic E-state index is -4.54. The summed E-state index contributed by atoms with van der Waals surface area (Å²) >= 11 is -0.416. The Balaban J connectivity index is 2.36. The number of phenols is 1. The number of aromatic nitrogens is 1. The van der Waals surface area contributed by atoms with Crippen molar-refractivity contribution in [3.8, 4) is 5.75 Å². The lowest BCUT2D eigenvalue weighted by molar-refractivity contribution is -0.0328. The Bertz CT molecular complexity index is 931. The summed E-state index contributed by atoms with van der Waals surface area (Å²) < 4.78 is 61.5. The number of anilines is 1. The number of thioether (sulfide) groups is 1. The number of nitrogens with zero attached hydrogens (tertiary/aromatic N) is 1. The molecule has 0 saturated heterocycles. The zero-order chi connectivity index (χ0) is 19.5. The second kappa shape index (κ2) is 7.54. The van der Waals surface area contributed by atoms with Gasteiger partial charge in [0.1, 0.15) is 11.4 Å². The molecule has 2 N–H and O–H groups in total. The number of carbonyl (C=O) groups excluding carboxylic acids is 1. The van der Waals surface area contributed by atoms with Crippen LogP contribution in [-0.4, -0.2) is 35.7 Å². The van der Waals surface area contributed by atoms with Crippen LogP contribution in [0.3, 0.4) is 0 Å². The van der Waals surface area contributed by atoms with Crippen LogP contribution in [-0.2, 0) is 9.84 Å². The van der Waals surface area contributed by atoms with Gasteiger partial charge in [-0.25, -0.2) is 13.4 Å². The lowest BCUT2D eigenvalue weighted by atomic mass is 10.2. The van der Waals surface area contributed by atoms with Gasteiger partial charge in [0.05, 0.1) is 16.3 Å². The Morgan fingerprint density at radius 3 is 2.62 bits per heavy atom. The monoisotopic (exact) mass is 406 g/mol. The van der Waals surface area contributed by atoms with Crippen LogP contribution in [0.5, 0.6) is 5.75 Å². The van der Waals surface area contributed by atoms with Crippen LogP contribution in [0.25, 0.3) is 0 Å². The van der Waals surface area contributed by atoms with Gasteiger partial charge in [0, 0.05) is 11.1 Å². The normalized spacial score (nSPS) is 12.0. The van der Waals surface area contributed by atoms with E-state index < -0.39 is 44.5 Å². The van der Waals surface area contributed by atoms with Crippen molar-refractivity contribution in [3.05, 3.63) is 42.2 Å². The molecule has 1 aromatic heterocycles. The number of carbonyl (C=O) groups is 1. The van der Waals surface area contributed by atoms with Gasteiger partial charge in [-0.3, -0.25) is 4.79 Å². The van der Waals surface area contributed by atoms with Gasteiger partial charge in [0.2, 0.25) is 0 Å². The van der Waals surface area contributed by atoms with E-state index in [4.69, 9.17) is 0 Å². The Kier molecular flexibility index (Phi) is 5.81. The summed E-state index contributed by atoms with van der Waals surface area (Å²) in [5.41, 5.74) is -5.25. The summed E-state index contributed by atoms with van der Waals surface area (Å²) in [6, 6.07) is 5.51. The first-order valence-corrected chi connectivity index (χ1v) is 9.58. The number of pyridine rings is 1. The first-order chi connectivity index (χ1) is 12.0. The minimum Gasteiger partial charge on any atom is -0.506 e. The molecule has 0 saturated carbocycles. The molecule has 0 aliphatic carbocycles. The predicted octanol–water partition coefficient (Wildman–Crippen LogP) is 3.45. The minimum absolute atomic E-state index is 0.256. The Labute approximate surface area is 151 Å². The van der Waals surface area contributed by atoms with Gasteiger partial charge in [-0.2, -0.15) is 13.2 Å². The Hall–Kier alpha value is -2.27. The second-order valence-corrected chi connectivity index (χ2v) is 8.32. The lowest BCUT2D eigenvalue weighted by Crippen LogP contribution is -2.19. The molecule has 0 fully saturated rings. The summed E-state index contributed by atoms with van der Waals surface area (Å²) in [5.74, 6) is -1.70. The molecule has 140 valence electrons. The van der Waals surface area contributed by atoms with Crippen molar-refractivity contribution in [3.63, 3.8) is 0 Å². The highest BCUT2D eigenvalue weighted by Gasteiger charge is 2.30. The van der Waals surface area contributed by atoms with Crippen LogP contribution < -0.4 is 5.32 Å². The summed E-state index contributed by atoms with van der Waals surface area (Å²) in [6.07, 6.45) is 1.21. The molecule has 2 aromatic rings. The van der Waals surface area contributed by atoms with Gasteiger partial charge in [-0.15, -0.1) is 0 Å². The van der Waals surface area contributed by atoms with Crippen molar-refractivity contribution < 1.29 is 31.5 Å². The predicted molar refractivity (Wildman–Crippen MR) is 89.9 cm³/mol. The third kappa shape index (κ3) is 4.88. The average Bonchev–Trinajstić information content (AvgIpc) is 2.56. The van der Waals surface area contributed by atoms with E-state index in [1.54, 1.807) is 0 Å². The smallest absolute Gasteiger partial charge is 0.446 e. The molecule has 1 heterocycles. The fourth-order valence-electron chi connectivity index (χ4n) is 1.96. The van der Waals surface area contributed by atoms with Crippen molar-refractivity contribution in [2.45, 2.75) is 22.2 Å². The summed E-state index contributed by atoms with van der Waals surface area (Å²) in [7, 11) is -3.75. The molecular weight excluding hydrogens is 393 g/mol. The molecule has 0 bridgehead atoms. The van der Waals surface area contributed by atoms with Gasteiger partial charge in [-0.1, -0.05) is 6.92 Å². The number of rotatable bonds is 5. The first-order valence-electron chi connectivity index (χ1n) is 7.11. The van der Waals surface area contributed by atoms with Gasteiger partial charge < -0.3 is 10.4 Å². The number of hydrogen-bond acceptors (Lipinski definition) is 6. The van der Waals surface area contributed by atoms with E-state index in [0.717, 1.165) is 18.2 Å². The van der Waals surface area contributed by atoms with Gasteiger partial charge in [-0.05, 0) is 42.1 Å². The number of sulfone groups is 1. The van der Waals surface area contributed by atoms with Gasteiger partial charge >= 0.3 is 5.51 Å². The number of alkyl halides is 3. The number of benzene rings is 1. The highest BCUT2D eigenvalue weighted by molar-refractivity contribution is 8.00. The fourth-order valence-corrected chi connectivity index (χ4v) is 3.58. The molecule has 6 nitrogen and oxygen atoms in total. The van der Waals surface area contributed by atoms with Crippen LogP contribution in [0.1, 0.15) is 17.4 Å². The van der Waals surface area contributed by atoms with Crippen LogP contribution in [0, 0.1) is 0 Å². The molecule has 1 amide bonds. The number of nitrogens with one attached hydrogen (secondary N) is 1. The fraction of sp³-hybridized carbons (Fsp3) is 0.200. The van der Waals surface area contributed by atoms with Crippen LogP contribution in [0.2, 0.25) is 0 Å². The van der Waals surface area contributed by atoms with E-state index in [0.29, 0.717) is 0 Å². The SMILES string of the molecule is CCS(=O)(=O)c1cccnc1C(=O)Nc1cc(SC(F)(F)F)ccc1O. The molecule has 0 radical (unpaired) electrons. The molecule has 2 rings (SSSR count). The number of amides is 1. The third-order valence-electron chi connectivity index (χ3n) is 3.15. The zero-order valence-electron chi connectivity index (χ0n) is 13.2. The molecule has 0 unspecified atom stereocenters. The van der Waals surface area contributed by atoms with Gasteiger partial charge in [0.15, 0.2) is 9.84 Å². The second-order valence-electron chi connectivity index (χ2n) is 4.93. The average molecular weight is 406 g/mol. The van der Waals surface area contributed by atoms with Crippen LogP contribution in [0.15, 0.2) is 46.3 Å². The van der Waals surface area contributed by atoms with E-state index in [2.05, 4.69) is 10.3 Å². The van der Waals surface area contributed by atoms with Crippen molar-refractivity contribution in [2.75, 3.05) is 11.1 Å². The van der Waals surface area contributed by atoms with Crippen LogP contribution in [0.4, 0.5) is 18.9 Å². The maximum atomic E-state index is 12.5. The summed E-state index contributed by atoms with van der Waals surface area (Å²) in [5, 5.41) is 12.0. The van der Waals surface area contributed by atoms with E-state index >= 15 is 0 Å². The van der Waals surface area contributed by atoms with Gasteiger partial charge in [0.25, 0.3) is 5.91 Å². The van der Waals surface area contributed by atoms with Crippen molar-refractivity contribution in [2.24, 2.45) is 0 Å². The van der Waals surface area contributed by atoms with E-state index in [-0.39, 0.29) is 21.2 Å². The van der Waals surface area contributed by atoms with E-state index in [1.807, 2.05) is 0 Å². The highest BCUT2D eigenvalue weighted by atomic mass is 32.2. The molecular formula is C15H13F3N2O4S2. The molecule has 0 aliphatic rings. The molecule has 26 heavy (non-hydrogen) atoms. The maximum absolute atomic E-state index is 12.5. The molecule has 0 atom stereocenters. The largest absolute Gasteiger partial charge is 0.506 e. The van der Waals surface area contributed by atoms with Crippen LogP contribution >= 0.6 is 11.8 Å². The Morgan fingerprint density at radius 2 is 2.00 bits per heavy atom. The lowest BCUT2D eigenvalue weighted by Gasteiger charge is -2.12. The van der Waals surface area contributed by atoms with Crippen molar-refractivity contribution >= 4 is 33.2 Å². The van der Waals surface area contributed by atoms with Crippen molar-refractivity contribution in [1.82, 2.24) is 4.98 Å². The molecule has 0 spiro atoms. The molecule has 11 heteroatoms. The quantitative estimate of drug-likeness (QED) is 0.583. The van der Waals surface area contributed by atoms with E-state index in [9.17, 15) is 31.5 Å². The highest BCUT2D eigenvalue weighted by Crippen LogP contribution is 2.39. The molecule has 0 aliphatic heterocycles. The summed E-state index contributed by atoms with van der Waals surface area (Å²) in [4.78, 5) is 15.5. The molecule has 1 aromatic carbocycles. The number of hydrogen-bond donors (Lipinski definition) is 2. The topological polar surface area (TPSA) is 96.4 Å². The third-order valence-corrected chi connectivity index (χ3v) is 5.63. The van der Waals surface area contributed by atoms with E-state index in [1.165, 1.54) is 25.3 Å². The standard InChI is InChI=1S/C15H13F3N2O4S2/c1-2-26(23,24)12-4-3-7-19-13(12)14(22)20-10-8-9(5-6-11(10)21)25-15(16,17)18/h3-8,21H,2H2,1H3,(H,20,22). The number of phenolic OH excluding ortho intramolecular Hbond substituents is 1. The number of halogens is 3.